The van der Waals surface area contributed by atoms with E-state index in [9.17, 15) is 4.79 Å². The molecule has 8 nitrogen and oxygen atoms in total. The lowest BCUT2D eigenvalue weighted by molar-refractivity contribution is 0.0595. The molecule has 1 N–H and O–H groups in total. The molecule has 1 aliphatic rings. The van der Waals surface area contributed by atoms with Crippen molar-refractivity contribution < 1.29 is 9.53 Å². The van der Waals surface area contributed by atoms with Crippen molar-refractivity contribution in [2.24, 2.45) is 0 Å². The minimum absolute atomic E-state index is 0.272. The van der Waals surface area contributed by atoms with Crippen LogP contribution in [0.3, 0.4) is 0 Å². The number of benzene rings is 1. The van der Waals surface area contributed by atoms with E-state index in [2.05, 4.69) is 25.5 Å². The molecular weight excluding hydrogens is 412 g/mol. The molecular formula is C22H20N6O2S. The molecule has 5 rings (SSSR count). The summed E-state index contributed by atoms with van der Waals surface area (Å²) in [7, 11) is 1.36. The Balaban J connectivity index is 1.52. The molecule has 0 amide bonds. The number of ether oxygens (including phenoxy) is 1. The highest BCUT2D eigenvalue weighted by Crippen LogP contribution is 2.37. The van der Waals surface area contributed by atoms with Crippen molar-refractivity contribution in [3.63, 3.8) is 0 Å². The van der Waals surface area contributed by atoms with E-state index >= 15 is 0 Å². The average Bonchev–Trinajstić information content (AvgIpc) is 3.22. The summed E-state index contributed by atoms with van der Waals surface area (Å²) in [6, 6.07) is 11.7. The lowest BCUT2D eigenvalue weighted by Gasteiger charge is -2.31. The van der Waals surface area contributed by atoms with E-state index in [1.54, 1.807) is 23.6 Å². The zero-order valence-electron chi connectivity index (χ0n) is 17.1. The van der Waals surface area contributed by atoms with E-state index in [0.717, 1.165) is 51.7 Å². The van der Waals surface area contributed by atoms with Gasteiger partial charge in [0, 0.05) is 23.9 Å². The van der Waals surface area contributed by atoms with Gasteiger partial charge in [-0.3, -0.25) is 0 Å². The summed E-state index contributed by atoms with van der Waals surface area (Å²) < 4.78 is 6.03. The van der Waals surface area contributed by atoms with Gasteiger partial charge in [-0.1, -0.05) is 23.5 Å². The molecule has 31 heavy (non-hydrogen) atoms. The van der Waals surface area contributed by atoms with Crippen LogP contribution in [0.5, 0.6) is 0 Å². The summed E-state index contributed by atoms with van der Waals surface area (Å²) in [6.45, 7) is 2.76. The van der Waals surface area contributed by atoms with Gasteiger partial charge in [-0.05, 0) is 44.0 Å². The van der Waals surface area contributed by atoms with Gasteiger partial charge < -0.3 is 15.0 Å². The van der Waals surface area contributed by atoms with Crippen molar-refractivity contribution in [1.82, 2.24) is 20.2 Å². The van der Waals surface area contributed by atoms with Crippen LogP contribution in [0.4, 0.5) is 22.5 Å². The van der Waals surface area contributed by atoms with E-state index in [1.807, 2.05) is 42.2 Å². The third-order valence-electron chi connectivity index (χ3n) is 5.36. The van der Waals surface area contributed by atoms with Crippen molar-refractivity contribution in [2.45, 2.75) is 19.8 Å². The first-order valence-electron chi connectivity index (χ1n) is 9.95. The number of pyridine rings is 1. The molecule has 3 aromatic heterocycles. The van der Waals surface area contributed by atoms with Crippen LogP contribution in [0.15, 0.2) is 42.6 Å². The Hall–Kier alpha value is -3.59. The first-order chi connectivity index (χ1) is 15.2. The third kappa shape index (κ3) is 3.46. The molecule has 0 atom stereocenters. The number of para-hydroxylation sites is 1. The fourth-order valence-corrected chi connectivity index (χ4v) is 4.69. The fourth-order valence-electron chi connectivity index (χ4n) is 3.83. The fraction of sp³-hybridized carbons (Fsp3) is 0.227. The number of carbonyl (C=O) groups is 1. The van der Waals surface area contributed by atoms with Crippen molar-refractivity contribution in [2.75, 3.05) is 23.9 Å². The normalized spacial score (nSPS) is 13.2. The van der Waals surface area contributed by atoms with E-state index in [4.69, 9.17) is 4.74 Å². The van der Waals surface area contributed by atoms with Crippen molar-refractivity contribution in [3.8, 4) is 0 Å². The number of methoxy groups -OCH3 is 1. The van der Waals surface area contributed by atoms with Crippen LogP contribution in [-0.4, -0.2) is 39.8 Å². The van der Waals surface area contributed by atoms with Crippen LogP contribution in [0.2, 0.25) is 0 Å². The van der Waals surface area contributed by atoms with Crippen LogP contribution in [-0.2, 0) is 11.2 Å². The zero-order valence-corrected chi connectivity index (χ0v) is 17.9. The Bertz CT molecular complexity index is 1260. The Kier molecular flexibility index (Phi) is 4.95. The number of esters is 1. The number of thiazole rings is 1. The van der Waals surface area contributed by atoms with Crippen molar-refractivity contribution in [3.05, 3.63) is 59.4 Å². The van der Waals surface area contributed by atoms with Crippen LogP contribution in [0.25, 0.3) is 10.2 Å². The molecule has 156 valence electrons. The monoisotopic (exact) mass is 432 g/mol. The van der Waals surface area contributed by atoms with E-state index in [0.29, 0.717) is 11.5 Å². The van der Waals surface area contributed by atoms with Gasteiger partial charge >= 0.3 is 5.97 Å². The maximum Gasteiger partial charge on any atom is 0.358 e. The van der Waals surface area contributed by atoms with Crippen molar-refractivity contribution in [1.29, 1.82) is 0 Å². The highest BCUT2D eigenvalue weighted by Gasteiger charge is 2.27. The summed E-state index contributed by atoms with van der Waals surface area (Å²) in [6.07, 6.45) is 3.40. The number of fused-ring (bicyclic) bond motifs is 2. The number of aromatic nitrogens is 4. The molecule has 0 spiro atoms. The molecule has 0 aliphatic carbocycles. The molecule has 0 unspecified atom stereocenters. The molecule has 4 aromatic rings. The van der Waals surface area contributed by atoms with Gasteiger partial charge in [0.2, 0.25) is 0 Å². The average molecular weight is 433 g/mol. The highest BCUT2D eigenvalue weighted by molar-refractivity contribution is 7.22. The Morgan fingerprint density at radius 2 is 2.06 bits per heavy atom. The Labute approximate surface area is 182 Å². The molecule has 1 aromatic carbocycles. The molecule has 0 radical (unpaired) electrons. The molecule has 4 heterocycles. The number of nitrogens with one attached hydrogen (secondary N) is 1. The second-order valence-corrected chi connectivity index (χ2v) is 8.24. The Morgan fingerprint density at radius 3 is 2.90 bits per heavy atom. The summed E-state index contributed by atoms with van der Waals surface area (Å²) in [5.41, 5.74) is 4.03. The first-order valence-corrected chi connectivity index (χ1v) is 10.8. The molecule has 0 bridgehead atoms. The summed E-state index contributed by atoms with van der Waals surface area (Å²) in [4.78, 5) is 23.1. The minimum Gasteiger partial charge on any atom is -0.464 e. The highest BCUT2D eigenvalue weighted by atomic mass is 32.1. The second kappa shape index (κ2) is 7.92. The minimum atomic E-state index is -0.471. The molecule has 0 fully saturated rings. The molecule has 0 saturated carbocycles. The number of hydrogen-bond donors (Lipinski definition) is 1. The van der Waals surface area contributed by atoms with Gasteiger partial charge in [0.1, 0.15) is 0 Å². The lowest BCUT2D eigenvalue weighted by Crippen LogP contribution is -2.29. The second-order valence-electron chi connectivity index (χ2n) is 7.21. The van der Waals surface area contributed by atoms with Gasteiger partial charge in [0.15, 0.2) is 22.5 Å². The quantitative estimate of drug-likeness (QED) is 0.474. The molecule has 9 heteroatoms. The summed E-state index contributed by atoms with van der Waals surface area (Å²) >= 11 is 1.58. The number of rotatable bonds is 4. The number of hydrogen-bond acceptors (Lipinski definition) is 9. The standard InChI is InChI=1S/C22H20N6O2S/c1-13-14-7-6-12-28(16-9-5-11-23-18(16)21(29)30-2)20(14)27-26-19(13)25-22-24-15-8-3-4-10-17(15)31-22/h3-5,8-11H,6-7,12H2,1-2H3,(H,24,25,26). The van der Waals surface area contributed by atoms with Crippen LogP contribution in [0, 0.1) is 6.92 Å². The number of carbonyl (C=O) groups excluding carboxylic acids is 1. The maximum atomic E-state index is 12.2. The largest absolute Gasteiger partial charge is 0.464 e. The SMILES string of the molecule is COC(=O)c1ncccc1N1CCCc2c1nnc(Nc1nc3ccccc3s1)c2C. The zero-order chi connectivity index (χ0) is 21.4. The van der Waals surface area contributed by atoms with E-state index in [-0.39, 0.29) is 5.69 Å². The summed E-state index contributed by atoms with van der Waals surface area (Å²) in [5.74, 6) is 0.970. The van der Waals surface area contributed by atoms with Crippen molar-refractivity contribution >= 4 is 50.0 Å². The predicted molar refractivity (Wildman–Crippen MR) is 121 cm³/mol. The lowest BCUT2D eigenvalue weighted by atomic mass is 10.0. The van der Waals surface area contributed by atoms with Crippen LogP contribution in [0.1, 0.15) is 28.0 Å². The number of nitrogens with zero attached hydrogens (tertiary/aromatic N) is 5. The Morgan fingerprint density at radius 1 is 1.19 bits per heavy atom. The molecule has 1 aliphatic heterocycles. The van der Waals surface area contributed by atoms with Crippen LogP contribution < -0.4 is 10.2 Å². The van der Waals surface area contributed by atoms with Gasteiger partial charge in [0.05, 0.1) is 23.0 Å². The van der Waals surface area contributed by atoms with Gasteiger partial charge in [-0.15, -0.1) is 10.2 Å². The van der Waals surface area contributed by atoms with E-state index in [1.165, 1.54) is 7.11 Å². The topological polar surface area (TPSA) is 93.1 Å². The maximum absolute atomic E-state index is 12.2. The van der Waals surface area contributed by atoms with E-state index < -0.39 is 5.97 Å². The molecule has 0 saturated heterocycles. The van der Waals surface area contributed by atoms with Gasteiger partial charge in [-0.25, -0.2) is 14.8 Å². The van der Waals surface area contributed by atoms with Crippen LogP contribution >= 0.6 is 11.3 Å². The first kappa shape index (κ1) is 19.4. The summed E-state index contributed by atoms with van der Waals surface area (Å²) in [5, 5.41) is 13.1. The van der Waals surface area contributed by atoms with Gasteiger partial charge in [0.25, 0.3) is 0 Å². The predicted octanol–water partition coefficient (Wildman–Crippen LogP) is 4.40. The smallest absolute Gasteiger partial charge is 0.358 e. The number of anilines is 4. The third-order valence-corrected chi connectivity index (χ3v) is 6.31. The van der Waals surface area contributed by atoms with Gasteiger partial charge in [-0.2, -0.15) is 0 Å².